The van der Waals surface area contributed by atoms with E-state index in [1.807, 2.05) is 19.1 Å². The molecule has 2 heterocycles. The fraction of sp³-hybridized carbons (Fsp3) is 0.0870. The van der Waals surface area contributed by atoms with Gasteiger partial charge in [-0.1, -0.05) is 18.2 Å². The van der Waals surface area contributed by atoms with Gasteiger partial charge in [-0.25, -0.2) is 19.2 Å². The SMILES string of the molecule is C[C@@H](Nc1nccc2ccnc(Oc3cccc(F)c3)c12)c1ccc(C(=O)O)cc1. The number of halogens is 1. The highest BCUT2D eigenvalue weighted by Gasteiger charge is 2.15. The minimum absolute atomic E-state index is 0.159. The summed E-state index contributed by atoms with van der Waals surface area (Å²) in [6.45, 7) is 1.94. The maximum Gasteiger partial charge on any atom is 0.335 e. The van der Waals surface area contributed by atoms with E-state index in [1.165, 1.54) is 12.1 Å². The van der Waals surface area contributed by atoms with Crippen LogP contribution in [0.1, 0.15) is 28.9 Å². The number of hydrogen-bond donors (Lipinski definition) is 2. The number of ether oxygens (including phenoxy) is 1. The van der Waals surface area contributed by atoms with Gasteiger partial charge in [-0.15, -0.1) is 0 Å². The van der Waals surface area contributed by atoms with E-state index in [4.69, 9.17) is 9.84 Å². The van der Waals surface area contributed by atoms with Crippen LogP contribution in [-0.2, 0) is 0 Å². The minimum Gasteiger partial charge on any atom is -0.478 e. The van der Waals surface area contributed by atoms with Crippen LogP contribution in [0.25, 0.3) is 10.8 Å². The van der Waals surface area contributed by atoms with Gasteiger partial charge in [0, 0.05) is 24.5 Å². The van der Waals surface area contributed by atoms with Gasteiger partial charge in [0.15, 0.2) is 0 Å². The van der Waals surface area contributed by atoms with E-state index in [-0.39, 0.29) is 11.6 Å². The lowest BCUT2D eigenvalue weighted by atomic mass is 10.1. The number of hydrogen-bond acceptors (Lipinski definition) is 5. The zero-order chi connectivity index (χ0) is 21.1. The number of pyridine rings is 2. The molecule has 2 N–H and O–H groups in total. The van der Waals surface area contributed by atoms with Crippen LogP contribution in [0.4, 0.5) is 10.2 Å². The number of fused-ring (bicyclic) bond motifs is 1. The summed E-state index contributed by atoms with van der Waals surface area (Å²) in [4.78, 5) is 19.8. The molecule has 0 aliphatic heterocycles. The van der Waals surface area contributed by atoms with E-state index in [0.29, 0.717) is 22.8 Å². The van der Waals surface area contributed by atoms with E-state index in [2.05, 4.69) is 15.3 Å². The van der Waals surface area contributed by atoms with Crippen LogP contribution in [0, 0.1) is 5.82 Å². The molecule has 0 aliphatic carbocycles. The standard InChI is InChI=1S/C23H18FN3O3/c1-14(15-5-7-17(8-6-15)23(28)29)27-21-20-16(9-11-25-21)10-12-26-22(20)30-19-4-2-3-18(24)13-19/h2-14H,1H3,(H,25,27)(H,28,29)/t14-/m1/s1. The molecule has 4 aromatic rings. The third-order valence-electron chi connectivity index (χ3n) is 4.66. The van der Waals surface area contributed by atoms with Crippen molar-refractivity contribution >= 4 is 22.6 Å². The lowest BCUT2D eigenvalue weighted by Gasteiger charge is -2.18. The van der Waals surface area contributed by atoms with Gasteiger partial charge < -0.3 is 15.2 Å². The summed E-state index contributed by atoms with van der Waals surface area (Å²) in [6.07, 6.45) is 3.30. The summed E-state index contributed by atoms with van der Waals surface area (Å²) < 4.78 is 19.4. The molecule has 6 nitrogen and oxygen atoms in total. The minimum atomic E-state index is -0.969. The fourth-order valence-corrected chi connectivity index (χ4v) is 3.12. The Hall–Kier alpha value is -4.00. The highest BCUT2D eigenvalue weighted by molar-refractivity contribution is 5.96. The Morgan fingerprint density at radius 3 is 2.50 bits per heavy atom. The normalized spacial score (nSPS) is 11.8. The van der Waals surface area contributed by atoms with Gasteiger partial charge >= 0.3 is 5.97 Å². The second kappa shape index (κ2) is 8.16. The van der Waals surface area contributed by atoms with Crippen LogP contribution in [0.2, 0.25) is 0 Å². The number of benzene rings is 2. The molecule has 0 spiro atoms. The first kappa shape index (κ1) is 19.3. The van der Waals surface area contributed by atoms with Gasteiger partial charge in [0.05, 0.1) is 10.9 Å². The van der Waals surface area contributed by atoms with Crippen molar-refractivity contribution in [3.63, 3.8) is 0 Å². The molecule has 30 heavy (non-hydrogen) atoms. The molecule has 0 aliphatic rings. The summed E-state index contributed by atoms with van der Waals surface area (Å²) in [5.41, 5.74) is 1.12. The van der Waals surface area contributed by atoms with E-state index in [9.17, 15) is 9.18 Å². The monoisotopic (exact) mass is 403 g/mol. The summed E-state index contributed by atoms with van der Waals surface area (Å²) in [5.74, 6) is -0.170. The Kier molecular flexibility index (Phi) is 5.26. The Bertz CT molecular complexity index is 1210. The molecule has 0 fully saturated rings. The summed E-state index contributed by atoms with van der Waals surface area (Å²) in [6, 6.07) is 16.0. The molecular weight excluding hydrogens is 385 g/mol. The molecule has 150 valence electrons. The number of aromatic nitrogens is 2. The molecule has 2 aromatic heterocycles. The van der Waals surface area contributed by atoms with Gasteiger partial charge in [-0.05, 0) is 54.3 Å². The quantitative estimate of drug-likeness (QED) is 0.446. The molecule has 1 atom stereocenters. The van der Waals surface area contributed by atoms with Gasteiger partial charge in [0.2, 0.25) is 5.88 Å². The highest BCUT2D eigenvalue weighted by Crippen LogP contribution is 2.33. The van der Waals surface area contributed by atoms with Gasteiger partial charge in [0.25, 0.3) is 0 Å². The van der Waals surface area contributed by atoms with Crippen molar-refractivity contribution in [1.29, 1.82) is 0 Å². The molecular formula is C23H18FN3O3. The summed E-state index contributed by atoms with van der Waals surface area (Å²) >= 11 is 0. The topological polar surface area (TPSA) is 84.3 Å². The third-order valence-corrected chi connectivity index (χ3v) is 4.66. The number of aromatic carboxylic acids is 1. The zero-order valence-electron chi connectivity index (χ0n) is 16.0. The number of nitrogens with zero attached hydrogens (tertiary/aromatic N) is 2. The van der Waals surface area contributed by atoms with Crippen molar-refractivity contribution in [3.05, 3.63) is 90.0 Å². The molecule has 0 bridgehead atoms. The van der Waals surface area contributed by atoms with Crippen LogP contribution in [-0.4, -0.2) is 21.0 Å². The molecule has 0 saturated carbocycles. The number of carboxylic acids is 1. The van der Waals surface area contributed by atoms with Crippen LogP contribution < -0.4 is 10.1 Å². The molecule has 0 saturated heterocycles. The predicted molar refractivity (Wildman–Crippen MR) is 111 cm³/mol. The summed E-state index contributed by atoms with van der Waals surface area (Å²) in [7, 11) is 0. The fourth-order valence-electron chi connectivity index (χ4n) is 3.12. The van der Waals surface area contributed by atoms with Crippen molar-refractivity contribution in [3.8, 4) is 11.6 Å². The van der Waals surface area contributed by atoms with E-state index in [1.54, 1.807) is 48.8 Å². The smallest absolute Gasteiger partial charge is 0.335 e. The molecule has 7 heteroatoms. The largest absolute Gasteiger partial charge is 0.478 e. The first-order valence-electron chi connectivity index (χ1n) is 9.28. The first-order valence-corrected chi connectivity index (χ1v) is 9.28. The number of rotatable bonds is 6. The molecule has 4 rings (SSSR count). The Morgan fingerprint density at radius 1 is 1.07 bits per heavy atom. The Balaban J connectivity index is 1.67. The summed E-state index contributed by atoms with van der Waals surface area (Å²) in [5, 5.41) is 13.9. The highest BCUT2D eigenvalue weighted by atomic mass is 19.1. The van der Waals surface area contributed by atoms with Crippen LogP contribution in [0.5, 0.6) is 11.6 Å². The van der Waals surface area contributed by atoms with Crippen molar-refractivity contribution in [1.82, 2.24) is 9.97 Å². The van der Waals surface area contributed by atoms with Crippen molar-refractivity contribution in [2.24, 2.45) is 0 Å². The van der Waals surface area contributed by atoms with Crippen LogP contribution >= 0.6 is 0 Å². The van der Waals surface area contributed by atoms with Gasteiger partial charge in [-0.2, -0.15) is 0 Å². The lowest BCUT2D eigenvalue weighted by molar-refractivity contribution is 0.0697. The maximum atomic E-state index is 13.5. The second-order valence-corrected chi connectivity index (χ2v) is 6.73. The second-order valence-electron chi connectivity index (χ2n) is 6.73. The third kappa shape index (κ3) is 4.05. The zero-order valence-corrected chi connectivity index (χ0v) is 16.0. The Labute approximate surface area is 172 Å². The van der Waals surface area contributed by atoms with Crippen molar-refractivity contribution in [2.45, 2.75) is 13.0 Å². The van der Waals surface area contributed by atoms with E-state index < -0.39 is 11.8 Å². The number of carboxylic acid groups (broad SMARTS) is 1. The maximum absolute atomic E-state index is 13.5. The lowest BCUT2D eigenvalue weighted by Crippen LogP contribution is -2.09. The molecule has 0 unspecified atom stereocenters. The Morgan fingerprint density at radius 2 is 1.80 bits per heavy atom. The first-order chi connectivity index (χ1) is 14.5. The van der Waals surface area contributed by atoms with Crippen molar-refractivity contribution in [2.75, 3.05) is 5.32 Å². The van der Waals surface area contributed by atoms with E-state index >= 15 is 0 Å². The molecule has 0 amide bonds. The average molecular weight is 403 g/mol. The van der Waals surface area contributed by atoms with Gasteiger partial charge in [-0.3, -0.25) is 0 Å². The number of carbonyl (C=O) groups is 1. The molecule has 0 radical (unpaired) electrons. The number of nitrogens with one attached hydrogen (secondary N) is 1. The molecule has 2 aromatic carbocycles. The van der Waals surface area contributed by atoms with E-state index in [0.717, 1.165) is 10.9 Å². The van der Waals surface area contributed by atoms with Crippen LogP contribution in [0.15, 0.2) is 73.1 Å². The van der Waals surface area contributed by atoms with Crippen molar-refractivity contribution < 1.29 is 19.0 Å². The van der Waals surface area contributed by atoms with Crippen LogP contribution in [0.3, 0.4) is 0 Å². The average Bonchev–Trinajstić information content (AvgIpc) is 2.74. The van der Waals surface area contributed by atoms with Gasteiger partial charge in [0.1, 0.15) is 17.4 Å². The number of anilines is 1. The predicted octanol–water partition coefficient (Wildman–Crippen LogP) is 5.43.